The monoisotopic (exact) mass is 391 g/mol. The lowest BCUT2D eigenvalue weighted by Crippen LogP contribution is -2.41. The van der Waals surface area contributed by atoms with Gasteiger partial charge in [0, 0.05) is 26.5 Å². The molecule has 0 aromatic carbocycles. The number of aldehydes is 1. The third-order valence-electron chi connectivity index (χ3n) is 3.34. The average molecular weight is 392 g/mol. The first-order chi connectivity index (χ1) is 12.4. The van der Waals surface area contributed by atoms with Crippen LogP contribution >= 0.6 is 0 Å². The molecule has 27 heavy (non-hydrogen) atoms. The van der Waals surface area contributed by atoms with Crippen molar-refractivity contribution in [3.05, 3.63) is 0 Å². The summed E-state index contributed by atoms with van der Waals surface area (Å²) >= 11 is 0. The number of aliphatic hydroxyl groups excluding tert-OH is 1. The van der Waals surface area contributed by atoms with E-state index in [-0.39, 0.29) is 29.6 Å². The third-order valence-corrected chi connectivity index (χ3v) is 3.34. The number of hydrogen-bond acceptors (Lipinski definition) is 6. The van der Waals surface area contributed by atoms with Crippen molar-refractivity contribution in [2.24, 2.45) is 5.41 Å². The molecule has 2 atom stereocenters. The van der Waals surface area contributed by atoms with E-state index in [1.807, 2.05) is 48.5 Å². The minimum absolute atomic E-state index is 0.0305. The van der Waals surface area contributed by atoms with Crippen molar-refractivity contribution in [3.8, 4) is 0 Å². The SMILES string of the molecule is CCNC(=O)CCCC=O.COCC(OC(CO)C(C)(C)C)OC(C)(C)C. The Morgan fingerprint density at radius 1 is 1.19 bits per heavy atom. The smallest absolute Gasteiger partial charge is 0.219 e. The maximum absolute atomic E-state index is 10.7. The first-order valence-corrected chi connectivity index (χ1v) is 9.54. The Bertz CT molecular complexity index is 387. The molecule has 0 aliphatic carbocycles. The number of methoxy groups -OCH3 is 1. The lowest BCUT2D eigenvalue weighted by Gasteiger charge is -2.35. The van der Waals surface area contributed by atoms with E-state index in [1.165, 1.54) is 0 Å². The molecule has 2 unspecified atom stereocenters. The Labute approximate surface area is 165 Å². The molecule has 0 fully saturated rings. The maximum atomic E-state index is 10.7. The molecule has 2 N–H and O–H groups in total. The minimum atomic E-state index is -0.462. The zero-order valence-electron chi connectivity index (χ0n) is 18.5. The molecule has 162 valence electrons. The van der Waals surface area contributed by atoms with Gasteiger partial charge in [-0.05, 0) is 39.5 Å². The van der Waals surface area contributed by atoms with E-state index >= 15 is 0 Å². The molecule has 0 saturated heterocycles. The number of ether oxygens (including phenoxy) is 3. The van der Waals surface area contributed by atoms with Crippen molar-refractivity contribution < 1.29 is 28.9 Å². The molecule has 0 aromatic rings. The highest BCUT2D eigenvalue weighted by molar-refractivity contribution is 5.75. The molecule has 1 amide bonds. The Morgan fingerprint density at radius 3 is 2.15 bits per heavy atom. The first kappa shape index (κ1) is 28.2. The van der Waals surface area contributed by atoms with E-state index in [4.69, 9.17) is 14.2 Å². The van der Waals surface area contributed by atoms with Gasteiger partial charge in [-0.25, -0.2) is 0 Å². The minimum Gasteiger partial charge on any atom is -0.394 e. The molecule has 0 saturated carbocycles. The van der Waals surface area contributed by atoms with Crippen molar-refractivity contribution in [2.45, 2.75) is 85.7 Å². The summed E-state index contributed by atoms with van der Waals surface area (Å²) in [5, 5.41) is 12.0. The van der Waals surface area contributed by atoms with Crippen LogP contribution in [-0.2, 0) is 23.8 Å². The first-order valence-electron chi connectivity index (χ1n) is 9.54. The zero-order chi connectivity index (χ0) is 21.5. The van der Waals surface area contributed by atoms with Gasteiger partial charge in [-0.2, -0.15) is 0 Å². The fraction of sp³-hybridized carbons (Fsp3) is 0.900. The highest BCUT2D eigenvalue weighted by Gasteiger charge is 2.30. The quantitative estimate of drug-likeness (QED) is 0.319. The Balaban J connectivity index is 0. The van der Waals surface area contributed by atoms with Crippen LogP contribution in [0.4, 0.5) is 0 Å². The molecule has 0 bridgehead atoms. The molecule has 0 aromatic heterocycles. The lowest BCUT2D eigenvalue weighted by atomic mass is 9.89. The number of nitrogens with one attached hydrogen (secondary N) is 1. The van der Waals surface area contributed by atoms with Gasteiger partial charge in [-0.15, -0.1) is 0 Å². The Kier molecular flexibility index (Phi) is 15.6. The molecule has 0 radical (unpaired) electrons. The molecular formula is C20H41NO6. The Hall–Kier alpha value is -1.02. The van der Waals surface area contributed by atoms with Gasteiger partial charge in [-0.1, -0.05) is 20.8 Å². The summed E-state index contributed by atoms with van der Waals surface area (Å²) < 4.78 is 16.6. The highest BCUT2D eigenvalue weighted by Crippen LogP contribution is 2.24. The van der Waals surface area contributed by atoms with Crippen molar-refractivity contribution >= 4 is 12.2 Å². The van der Waals surface area contributed by atoms with Gasteiger partial charge in [0.15, 0.2) is 6.29 Å². The number of aliphatic hydroxyl groups is 1. The van der Waals surface area contributed by atoms with Crippen LogP contribution in [-0.4, -0.2) is 62.2 Å². The number of hydrogen-bond donors (Lipinski definition) is 2. The molecule has 7 nitrogen and oxygen atoms in total. The number of carbonyl (C=O) groups is 2. The van der Waals surface area contributed by atoms with Crippen LogP contribution in [0.15, 0.2) is 0 Å². The van der Waals surface area contributed by atoms with E-state index in [9.17, 15) is 14.7 Å². The van der Waals surface area contributed by atoms with Gasteiger partial charge in [-0.3, -0.25) is 4.79 Å². The normalized spacial score (nSPS) is 14.0. The fourth-order valence-corrected chi connectivity index (χ4v) is 1.97. The summed E-state index contributed by atoms with van der Waals surface area (Å²) in [6, 6.07) is 0. The molecular weight excluding hydrogens is 350 g/mol. The van der Waals surface area contributed by atoms with Crippen molar-refractivity contribution in [1.82, 2.24) is 5.32 Å². The molecule has 0 aliphatic rings. The van der Waals surface area contributed by atoms with Gasteiger partial charge < -0.3 is 29.4 Å². The second-order valence-corrected chi connectivity index (χ2v) is 8.30. The van der Waals surface area contributed by atoms with Gasteiger partial charge in [0.1, 0.15) is 6.29 Å². The standard InChI is InChI=1S/C13H28O4.C7H13NO2/c1-12(2,3)10(8-14)16-11(9-15-7)17-13(4,5)6;1-2-8-7(10)5-3-4-6-9/h10-11,14H,8-9H2,1-7H3;6H,2-5H2,1H3,(H,8,10). The van der Waals surface area contributed by atoms with Crippen molar-refractivity contribution in [1.29, 1.82) is 0 Å². The van der Waals surface area contributed by atoms with Crippen molar-refractivity contribution in [2.75, 3.05) is 26.9 Å². The second kappa shape index (κ2) is 15.0. The summed E-state index contributed by atoms with van der Waals surface area (Å²) in [5.41, 5.74) is -0.441. The van der Waals surface area contributed by atoms with Crippen LogP contribution < -0.4 is 5.32 Å². The van der Waals surface area contributed by atoms with Crippen LogP contribution in [0.3, 0.4) is 0 Å². The van der Waals surface area contributed by atoms with E-state index in [2.05, 4.69) is 5.32 Å². The topological polar surface area (TPSA) is 94.1 Å². The van der Waals surface area contributed by atoms with Gasteiger partial charge in [0.2, 0.25) is 5.91 Å². The summed E-state index contributed by atoms with van der Waals surface area (Å²) in [4.78, 5) is 20.5. The predicted octanol–water partition coefficient (Wildman–Crippen LogP) is 2.69. The number of rotatable bonds is 11. The average Bonchev–Trinajstić information content (AvgIpc) is 2.51. The van der Waals surface area contributed by atoms with Gasteiger partial charge in [0.25, 0.3) is 0 Å². The van der Waals surface area contributed by atoms with E-state index in [1.54, 1.807) is 7.11 Å². The molecule has 0 spiro atoms. The fourth-order valence-electron chi connectivity index (χ4n) is 1.97. The second-order valence-electron chi connectivity index (χ2n) is 8.30. The van der Waals surface area contributed by atoms with Crippen molar-refractivity contribution in [3.63, 3.8) is 0 Å². The third kappa shape index (κ3) is 18.1. The zero-order valence-corrected chi connectivity index (χ0v) is 18.5. The number of amides is 1. The molecule has 0 heterocycles. The largest absolute Gasteiger partial charge is 0.394 e. The molecule has 0 rings (SSSR count). The number of unbranched alkanes of at least 4 members (excludes halogenated alkanes) is 1. The molecule has 7 heteroatoms. The summed E-state index contributed by atoms with van der Waals surface area (Å²) in [7, 11) is 1.60. The van der Waals surface area contributed by atoms with Crippen LogP contribution in [0.2, 0.25) is 0 Å². The van der Waals surface area contributed by atoms with Crippen LogP contribution in [0.1, 0.15) is 67.7 Å². The van der Waals surface area contributed by atoms with Gasteiger partial charge >= 0.3 is 0 Å². The van der Waals surface area contributed by atoms with E-state index in [0.717, 1.165) is 6.29 Å². The maximum Gasteiger partial charge on any atom is 0.219 e. The molecule has 0 aliphatic heterocycles. The summed E-state index contributed by atoms with van der Waals surface area (Å²) in [5.74, 6) is 0.0318. The van der Waals surface area contributed by atoms with E-state index < -0.39 is 6.29 Å². The predicted molar refractivity (Wildman–Crippen MR) is 107 cm³/mol. The number of carbonyl (C=O) groups excluding carboxylic acids is 2. The summed E-state index contributed by atoms with van der Waals surface area (Å²) in [6.45, 7) is 14.8. The highest BCUT2D eigenvalue weighted by atomic mass is 16.7. The van der Waals surface area contributed by atoms with Crippen LogP contribution in [0.5, 0.6) is 0 Å². The van der Waals surface area contributed by atoms with E-state index in [0.29, 0.717) is 32.4 Å². The summed E-state index contributed by atoms with van der Waals surface area (Å²) in [6.07, 6.45) is 1.71. The van der Waals surface area contributed by atoms with Gasteiger partial charge in [0.05, 0.1) is 24.9 Å². The van der Waals surface area contributed by atoms with Crippen LogP contribution in [0.25, 0.3) is 0 Å². The lowest BCUT2D eigenvalue weighted by molar-refractivity contribution is -0.250. The Morgan fingerprint density at radius 2 is 1.78 bits per heavy atom. The van der Waals surface area contributed by atoms with Crippen LogP contribution in [0, 0.1) is 5.41 Å².